The summed E-state index contributed by atoms with van der Waals surface area (Å²) in [6.07, 6.45) is 2.25. The van der Waals surface area contributed by atoms with E-state index >= 15 is 0 Å². The minimum atomic E-state index is 0.154. The Balaban J connectivity index is 1.46. The number of hydrogen-bond donors (Lipinski definition) is 1. The molecule has 3 heteroatoms. The molecule has 2 aliphatic rings. The molecule has 27 heavy (non-hydrogen) atoms. The number of benzene rings is 2. The maximum atomic E-state index is 10.4. The molecule has 4 rings (SSSR count). The van der Waals surface area contributed by atoms with Gasteiger partial charge in [-0.3, -0.25) is 4.90 Å². The van der Waals surface area contributed by atoms with Gasteiger partial charge in [0.25, 0.3) is 0 Å². The summed E-state index contributed by atoms with van der Waals surface area (Å²) in [4.78, 5) is 2.59. The van der Waals surface area contributed by atoms with Crippen LogP contribution in [0.25, 0.3) is 0 Å². The molecule has 1 heterocycles. The minimum Gasteiger partial charge on any atom is -0.508 e. The van der Waals surface area contributed by atoms with Crippen LogP contribution in [0, 0.1) is 5.92 Å². The van der Waals surface area contributed by atoms with Crippen LogP contribution in [0.2, 0.25) is 0 Å². The molecule has 0 spiro atoms. The van der Waals surface area contributed by atoms with Crippen molar-refractivity contribution in [3.8, 4) is 5.75 Å². The molecule has 0 radical (unpaired) electrons. The van der Waals surface area contributed by atoms with E-state index in [2.05, 4.69) is 56.0 Å². The Morgan fingerprint density at radius 2 is 1.96 bits per heavy atom. The van der Waals surface area contributed by atoms with Gasteiger partial charge < -0.3 is 9.84 Å². The Labute approximate surface area is 163 Å². The summed E-state index contributed by atoms with van der Waals surface area (Å²) in [5, 5.41) is 10.4. The van der Waals surface area contributed by atoms with Crippen molar-refractivity contribution in [3.05, 3.63) is 65.2 Å². The molecule has 2 aromatic rings. The van der Waals surface area contributed by atoms with Crippen molar-refractivity contribution in [2.45, 2.75) is 57.8 Å². The third-order valence-electron chi connectivity index (χ3n) is 7.02. The topological polar surface area (TPSA) is 32.7 Å². The summed E-state index contributed by atoms with van der Waals surface area (Å²) in [6.45, 7) is 9.65. The fourth-order valence-electron chi connectivity index (χ4n) is 5.15. The van der Waals surface area contributed by atoms with E-state index in [9.17, 15) is 5.11 Å². The normalized spacial score (nSPS) is 28.6. The first-order valence-corrected chi connectivity index (χ1v) is 10.2. The predicted octanol–water partition coefficient (Wildman–Crippen LogP) is 4.52. The van der Waals surface area contributed by atoms with Gasteiger partial charge in [-0.15, -0.1) is 0 Å². The molecule has 2 bridgehead atoms. The van der Waals surface area contributed by atoms with Crippen LogP contribution in [0.4, 0.5) is 0 Å². The Bertz CT molecular complexity index is 790. The minimum absolute atomic E-state index is 0.154. The highest BCUT2D eigenvalue weighted by Gasteiger charge is 2.49. The molecule has 0 aromatic heterocycles. The van der Waals surface area contributed by atoms with Gasteiger partial charge >= 0.3 is 0 Å². The Morgan fingerprint density at radius 1 is 1.19 bits per heavy atom. The number of phenols is 1. The summed E-state index contributed by atoms with van der Waals surface area (Å²) in [7, 11) is 0. The fourth-order valence-corrected chi connectivity index (χ4v) is 5.15. The number of phenolic OH excluding ortho intramolecular Hbond substituents is 1. The zero-order valence-corrected chi connectivity index (χ0v) is 16.7. The second kappa shape index (κ2) is 7.29. The number of likely N-dealkylation sites (tertiary alicyclic amines) is 1. The van der Waals surface area contributed by atoms with E-state index in [0.29, 0.717) is 24.3 Å². The highest BCUT2D eigenvalue weighted by atomic mass is 16.5. The van der Waals surface area contributed by atoms with Crippen LogP contribution in [0.5, 0.6) is 5.75 Å². The number of nitrogens with zero attached hydrogens (tertiary/aromatic N) is 1. The smallest absolute Gasteiger partial charge is 0.119 e. The molecule has 0 saturated carbocycles. The Hall–Kier alpha value is -1.84. The highest BCUT2D eigenvalue weighted by Crippen LogP contribution is 2.50. The fraction of sp³-hybridized carbons (Fsp3) is 0.500. The molecule has 0 amide bonds. The molecule has 144 valence electrons. The Morgan fingerprint density at radius 3 is 2.74 bits per heavy atom. The zero-order valence-electron chi connectivity index (χ0n) is 16.7. The van der Waals surface area contributed by atoms with Crippen LogP contribution < -0.4 is 0 Å². The first-order chi connectivity index (χ1) is 13.0. The zero-order chi connectivity index (χ0) is 19.0. The summed E-state index contributed by atoms with van der Waals surface area (Å²) < 4.78 is 6.13. The summed E-state index contributed by atoms with van der Waals surface area (Å²) >= 11 is 0. The van der Waals surface area contributed by atoms with E-state index in [4.69, 9.17) is 4.74 Å². The van der Waals surface area contributed by atoms with Gasteiger partial charge in [-0.25, -0.2) is 0 Å². The number of rotatable bonds is 5. The van der Waals surface area contributed by atoms with Crippen LogP contribution in [0.15, 0.2) is 48.5 Å². The first-order valence-electron chi connectivity index (χ1n) is 10.2. The predicted molar refractivity (Wildman–Crippen MR) is 109 cm³/mol. The molecule has 1 aliphatic heterocycles. The molecular weight excluding hydrogens is 334 g/mol. The monoisotopic (exact) mass is 365 g/mol. The third kappa shape index (κ3) is 3.39. The molecule has 4 atom stereocenters. The van der Waals surface area contributed by atoms with Crippen LogP contribution in [-0.2, 0) is 23.2 Å². The van der Waals surface area contributed by atoms with Gasteiger partial charge in [0, 0.05) is 12.6 Å². The van der Waals surface area contributed by atoms with Crippen molar-refractivity contribution in [2.24, 2.45) is 5.92 Å². The number of ether oxygens (including phenoxy) is 1. The molecule has 1 fully saturated rings. The average molecular weight is 366 g/mol. The van der Waals surface area contributed by atoms with Gasteiger partial charge in [-0.2, -0.15) is 0 Å². The summed E-state index contributed by atoms with van der Waals surface area (Å²) in [5.74, 6) is 1.03. The maximum Gasteiger partial charge on any atom is 0.119 e. The van der Waals surface area contributed by atoms with Crippen LogP contribution in [0.3, 0.4) is 0 Å². The lowest BCUT2D eigenvalue weighted by molar-refractivity contribution is -0.0246. The lowest BCUT2D eigenvalue weighted by atomic mass is 9.59. The van der Waals surface area contributed by atoms with E-state index in [1.54, 1.807) is 0 Å². The van der Waals surface area contributed by atoms with E-state index in [1.165, 1.54) is 11.1 Å². The highest BCUT2D eigenvalue weighted by molar-refractivity contribution is 5.47. The van der Waals surface area contributed by atoms with Crippen molar-refractivity contribution in [3.63, 3.8) is 0 Å². The molecule has 1 saturated heterocycles. The third-order valence-corrected chi connectivity index (χ3v) is 7.02. The van der Waals surface area contributed by atoms with Crippen LogP contribution >= 0.6 is 0 Å². The van der Waals surface area contributed by atoms with Gasteiger partial charge in [-0.05, 0) is 60.4 Å². The van der Waals surface area contributed by atoms with E-state index in [0.717, 1.165) is 31.5 Å². The van der Waals surface area contributed by atoms with E-state index in [-0.39, 0.29) is 11.5 Å². The second-order valence-electron chi connectivity index (χ2n) is 8.63. The van der Waals surface area contributed by atoms with Gasteiger partial charge in [0.2, 0.25) is 0 Å². The molecule has 1 N–H and O–H groups in total. The van der Waals surface area contributed by atoms with Crippen molar-refractivity contribution in [1.29, 1.82) is 0 Å². The van der Waals surface area contributed by atoms with Crippen molar-refractivity contribution in [1.82, 2.24) is 4.90 Å². The first kappa shape index (κ1) is 18.5. The summed E-state index contributed by atoms with van der Waals surface area (Å²) in [5.41, 5.74) is 3.90. The SMILES string of the molecule is CC1[C@H]2Cc3c(O)cccc3C1(C)CCN2C[C@H](C)OCc1ccccc1. The van der Waals surface area contributed by atoms with Crippen molar-refractivity contribution in [2.75, 3.05) is 13.1 Å². The lowest BCUT2D eigenvalue weighted by Gasteiger charge is -2.55. The summed E-state index contributed by atoms with van der Waals surface area (Å²) in [6, 6.07) is 16.9. The van der Waals surface area contributed by atoms with E-state index < -0.39 is 0 Å². The molecule has 1 aliphatic carbocycles. The standard InChI is InChI=1S/C24H31NO2/c1-17(27-16-19-8-5-4-6-9-19)15-25-13-12-24(3)18(2)22(25)14-20-21(24)10-7-11-23(20)26/h4-11,17-18,22,26H,12-16H2,1-3H3/t17-,18?,22+,24?/m0/s1. The number of fused-ring (bicyclic) bond motifs is 4. The average Bonchev–Trinajstić information content (AvgIpc) is 2.67. The second-order valence-corrected chi connectivity index (χ2v) is 8.63. The van der Waals surface area contributed by atoms with Crippen LogP contribution in [-0.4, -0.2) is 35.2 Å². The number of aromatic hydroxyl groups is 1. The van der Waals surface area contributed by atoms with Gasteiger partial charge in [-0.1, -0.05) is 56.3 Å². The van der Waals surface area contributed by atoms with E-state index in [1.807, 2.05) is 18.2 Å². The van der Waals surface area contributed by atoms with Gasteiger partial charge in [0.15, 0.2) is 0 Å². The lowest BCUT2D eigenvalue weighted by Crippen LogP contribution is -2.59. The molecular formula is C24H31NO2. The van der Waals surface area contributed by atoms with Crippen molar-refractivity contribution >= 4 is 0 Å². The number of hydrogen-bond acceptors (Lipinski definition) is 3. The Kier molecular flexibility index (Phi) is 5.00. The van der Waals surface area contributed by atoms with Gasteiger partial charge in [0.1, 0.15) is 5.75 Å². The molecule has 2 aromatic carbocycles. The van der Waals surface area contributed by atoms with Crippen LogP contribution in [0.1, 0.15) is 43.9 Å². The molecule has 3 nitrogen and oxygen atoms in total. The molecule has 2 unspecified atom stereocenters. The van der Waals surface area contributed by atoms with Crippen molar-refractivity contribution < 1.29 is 9.84 Å². The maximum absolute atomic E-state index is 10.4. The number of piperidine rings is 1. The quantitative estimate of drug-likeness (QED) is 0.845. The largest absolute Gasteiger partial charge is 0.508 e. The van der Waals surface area contributed by atoms with Gasteiger partial charge in [0.05, 0.1) is 12.7 Å².